The minimum atomic E-state index is -0.249. The maximum atomic E-state index is 11.6. The molecule has 2 heterocycles. The maximum absolute atomic E-state index is 11.6. The molecule has 0 aromatic carbocycles. The topological polar surface area (TPSA) is 66.6 Å². The van der Waals surface area contributed by atoms with Gasteiger partial charge in [-0.1, -0.05) is 0 Å². The summed E-state index contributed by atoms with van der Waals surface area (Å²) in [6.07, 6.45) is 1.24. The van der Waals surface area contributed by atoms with Gasteiger partial charge in [-0.3, -0.25) is 19.4 Å². The van der Waals surface area contributed by atoms with Crippen LogP contribution in [0, 0.1) is 0 Å². The van der Waals surface area contributed by atoms with Gasteiger partial charge in [0.1, 0.15) is 0 Å². The second-order valence-corrected chi connectivity index (χ2v) is 4.05. The molecule has 0 saturated carbocycles. The third kappa shape index (κ3) is 1.42. The second kappa shape index (κ2) is 3.33. The summed E-state index contributed by atoms with van der Waals surface area (Å²) in [6, 6.07) is -0.0927. The molecular formula is C9H15N3O2. The first-order valence-corrected chi connectivity index (χ1v) is 4.89. The smallest absolute Gasteiger partial charge is 0.246 e. The number of carbonyl (C=O) groups is 2. The van der Waals surface area contributed by atoms with E-state index in [1.165, 1.54) is 4.90 Å². The molecule has 2 aliphatic heterocycles. The lowest BCUT2D eigenvalue weighted by Crippen LogP contribution is -2.40. The first kappa shape index (κ1) is 9.61. The van der Waals surface area contributed by atoms with Crippen LogP contribution >= 0.6 is 0 Å². The Bertz CT molecular complexity index is 279. The molecule has 2 N–H and O–H groups in total. The number of likely N-dealkylation sites (N-methyl/N-ethyl adjacent to an activating group) is 1. The summed E-state index contributed by atoms with van der Waals surface area (Å²) in [6.45, 7) is 1.57. The van der Waals surface area contributed by atoms with Crippen molar-refractivity contribution in [2.45, 2.75) is 24.9 Å². The van der Waals surface area contributed by atoms with Crippen LogP contribution < -0.4 is 5.73 Å². The van der Waals surface area contributed by atoms with Gasteiger partial charge >= 0.3 is 0 Å². The van der Waals surface area contributed by atoms with Crippen molar-refractivity contribution in [1.82, 2.24) is 9.80 Å². The van der Waals surface area contributed by atoms with E-state index in [0.717, 1.165) is 19.5 Å². The molecule has 2 saturated heterocycles. The van der Waals surface area contributed by atoms with E-state index in [4.69, 9.17) is 5.73 Å². The fraction of sp³-hybridized carbons (Fsp3) is 0.778. The van der Waals surface area contributed by atoms with E-state index >= 15 is 0 Å². The summed E-state index contributed by atoms with van der Waals surface area (Å²) in [5.41, 5.74) is 5.76. The Hall–Kier alpha value is -0.940. The van der Waals surface area contributed by atoms with E-state index in [0.29, 0.717) is 6.42 Å². The van der Waals surface area contributed by atoms with Gasteiger partial charge in [0, 0.05) is 26.2 Å². The number of hydrogen-bond donors (Lipinski definition) is 1. The van der Waals surface area contributed by atoms with E-state index in [1.807, 2.05) is 4.90 Å². The van der Waals surface area contributed by atoms with Crippen LogP contribution in [0.3, 0.4) is 0 Å². The predicted octanol–water partition coefficient (Wildman–Crippen LogP) is -1.22. The molecule has 1 unspecified atom stereocenters. The van der Waals surface area contributed by atoms with E-state index in [-0.39, 0.29) is 23.9 Å². The first-order chi connectivity index (χ1) is 6.59. The van der Waals surface area contributed by atoms with Gasteiger partial charge in [0.2, 0.25) is 11.8 Å². The summed E-state index contributed by atoms with van der Waals surface area (Å²) >= 11 is 0. The van der Waals surface area contributed by atoms with E-state index in [9.17, 15) is 9.59 Å². The Morgan fingerprint density at radius 1 is 1.43 bits per heavy atom. The molecule has 0 aliphatic carbocycles. The van der Waals surface area contributed by atoms with Gasteiger partial charge in [-0.15, -0.1) is 0 Å². The highest BCUT2D eigenvalue weighted by Crippen LogP contribution is 2.20. The van der Waals surface area contributed by atoms with Gasteiger partial charge < -0.3 is 5.73 Å². The van der Waals surface area contributed by atoms with Crippen LogP contribution in [0.15, 0.2) is 0 Å². The maximum Gasteiger partial charge on any atom is 0.246 e. The molecule has 2 amide bonds. The van der Waals surface area contributed by atoms with Crippen molar-refractivity contribution in [1.29, 1.82) is 0 Å². The molecule has 2 rings (SSSR count). The average Bonchev–Trinajstić information content (AvgIpc) is 2.66. The number of amides is 2. The summed E-state index contributed by atoms with van der Waals surface area (Å²) in [5, 5.41) is 0. The molecular weight excluding hydrogens is 182 g/mol. The Kier molecular flexibility index (Phi) is 2.28. The standard InChI is InChI=1S/C9H15N3O2/c1-11-8(13)4-7(9(11)14)12-3-2-6(10)5-12/h6-7H,2-5,10H2,1H3/t6-,7?/m1/s1. The van der Waals surface area contributed by atoms with Gasteiger partial charge in [-0.2, -0.15) is 0 Å². The zero-order valence-corrected chi connectivity index (χ0v) is 8.27. The summed E-state index contributed by atoms with van der Waals surface area (Å²) in [7, 11) is 1.54. The monoisotopic (exact) mass is 197 g/mol. The number of nitrogens with two attached hydrogens (primary N) is 1. The van der Waals surface area contributed by atoms with E-state index in [1.54, 1.807) is 7.05 Å². The van der Waals surface area contributed by atoms with E-state index < -0.39 is 0 Å². The van der Waals surface area contributed by atoms with Crippen molar-refractivity contribution in [2.24, 2.45) is 5.73 Å². The van der Waals surface area contributed by atoms with Crippen molar-refractivity contribution in [3.05, 3.63) is 0 Å². The molecule has 0 aromatic heterocycles. The fourth-order valence-electron chi connectivity index (χ4n) is 2.12. The van der Waals surface area contributed by atoms with Crippen molar-refractivity contribution in [3.8, 4) is 0 Å². The van der Waals surface area contributed by atoms with E-state index in [2.05, 4.69) is 0 Å². The van der Waals surface area contributed by atoms with Gasteiger partial charge in [0.15, 0.2) is 0 Å². The Morgan fingerprint density at radius 3 is 2.57 bits per heavy atom. The zero-order valence-electron chi connectivity index (χ0n) is 8.27. The Morgan fingerprint density at radius 2 is 2.14 bits per heavy atom. The fourth-order valence-corrected chi connectivity index (χ4v) is 2.12. The number of likely N-dealkylation sites (tertiary alicyclic amines) is 2. The minimum Gasteiger partial charge on any atom is -0.326 e. The lowest BCUT2D eigenvalue weighted by atomic mass is 10.2. The van der Waals surface area contributed by atoms with Crippen LogP contribution in [0.25, 0.3) is 0 Å². The van der Waals surface area contributed by atoms with Crippen LogP contribution in [0.5, 0.6) is 0 Å². The molecule has 2 aliphatic rings. The van der Waals surface area contributed by atoms with Crippen LogP contribution in [0.4, 0.5) is 0 Å². The lowest BCUT2D eigenvalue weighted by molar-refractivity contribution is -0.137. The van der Waals surface area contributed by atoms with Gasteiger partial charge in [-0.05, 0) is 6.42 Å². The molecule has 2 atom stereocenters. The predicted molar refractivity (Wildman–Crippen MR) is 50.3 cm³/mol. The molecule has 0 spiro atoms. The lowest BCUT2D eigenvalue weighted by Gasteiger charge is -2.20. The van der Waals surface area contributed by atoms with Crippen LogP contribution in [0.2, 0.25) is 0 Å². The third-order valence-electron chi connectivity index (χ3n) is 3.05. The van der Waals surface area contributed by atoms with Crippen LogP contribution in [0.1, 0.15) is 12.8 Å². The average molecular weight is 197 g/mol. The highest BCUT2D eigenvalue weighted by atomic mass is 16.2. The summed E-state index contributed by atoms with van der Waals surface area (Å²) < 4.78 is 0. The summed E-state index contributed by atoms with van der Waals surface area (Å²) in [4.78, 5) is 26.2. The van der Waals surface area contributed by atoms with Crippen molar-refractivity contribution >= 4 is 11.8 Å². The van der Waals surface area contributed by atoms with Crippen molar-refractivity contribution in [2.75, 3.05) is 20.1 Å². The molecule has 0 bridgehead atoms. The van der Waals surface area contributed by atoms with Gasteiger partial charge in [0.05, 0.1) is 12.5 Å². The third-order valence-corrected chi connectivity index (χ3v) is 3.05. The van der Waals surface area contributed by atoms with Gasteiger partial charge in [-0.25, -0.2) is 0 Å². The molecule has 5 nitrogen and oxygen atoms in total. The van der Waals surface area contributed by atoms with Crippen LogP contribution in [-0.4, -0.2) is 53.8 Å². The number of carbonyl (C=O) groups excluding carboxylic acids is 2. The van der Waals surface area contributed by atoms with Crippen molar-refractivity contribution in [3.63, 3.8) is 0 Å². The molecule has 5 heteroatoms. The highest BCUT2D eigenvalue weighted by molar-refractivity contribution is 6.05. The zero-order chi connectivity index (χ0) is 10.3. The normalized spacial score (nSPS) is 34.6. The molecule has 14 heavy (non-hydrogen) atoms. The van der Waals surface area contributed by atoms with Crippen LogP contribution in [-0.2, 0) is 9.59 Å². The molecule has 2 fully saturated rings. The molecule has 78 valence electrons. The minimum absolute atomic E-state index is 0.0795. The molecule has 0 radical (unpaired) electrons. The summed E-state index contributed by atoms with van der Waals surface area (Å²) in [5.74, 6) is -0.162. The number of hydrogen-bond acceptors (Lipinski definition) is 4. The van der Waals surface area contributed by atoms with Crippen molar-refractivity contribution < 1.29 is 9.59 Å². The Balaban J connectivity index is 2.06. The highest BCUT2D eigenvalue weighted by Gasteiger charge is 2.41. The number of imide groups is 1. The SMILES string of the molecule is CN1C(=O)CC(N2CC[C@@H](N)C2)C1=O. The second-order valence-electron chi connectivity index (χ2n) is 4.05. The quantitative estimate of drug-likeness (QED) is 0.535. The Labute approximate surface area is 82.8 Å². The van der Waals surface area contributed by atoms with Gasteiger partial charge in [0.25, 0.3) is 0 Å². The first-order valence-electron chi connectivity index (χ1n) is 4.89. The molecule has 0 aromatic rings. The largest absolute Gasteiger partial charge is 0.326 e. The number of nitrogens with zero attached hydrogens (tertiary/aromatic N) is 2. The number of rotatable bonds is 1.